The molecule has 0 bridgehead atoms. The van der Waals surface area contributed by atoms with E-state index in [4.69, 9.17) is 0 Å². The number of nitrogens with one attached hydrogen (secondary N) is 1. The number of thiazole rings is 1. The van der Waals surface area contributed by atoms with Crippen molar-refractivity contribution in [2.45, 2.75) is 26.3 Å². The van der Waals surface area contributed by atoms with Crippen LogP contribution < -0.4 is 10.2 Å². The second kappa shape index (κ2) is 7.00. The number of carbonyl (C=O) groups excluding carboxylic acids is 2. The second-order valence-corrected chi connectivity index (χ2v) is 6.67. The van der Waals surface area contributed by atoms with Crippen molar-refractivity contribution in [3.8, 4) is 5.75 Å². The van der Waals surface area contributed by atoms with Gasteiger partial charge in [0.25, 0.3) is 0 Å². The molecule has 1 aromatic heterocycles. The number of anilines is 1. The zero-order chi connectivity index (χ0) is 17.1. The summed E-state index contributed by atoms with van der Waals surface area (Å²) in [4.78, 5) is 30.5. The fourth-order valence-electron chi connectivity index (χ4n) is 2.69. The summed E-state index contributed by atoms with van der Waals surface area (Å²) in [5, 5.41) is 15.3. The first-order chi connectivity index (χ1) is 11.6. The number of amides is 2. The first-order valence-electron chi connectivity index (χ1n) is 7.87. The highest BCUT2D eigenvalue weighted by Gasteiger charge is 2.35. The first-order valence-corrected chi connectivity index (χ1v) is 8.75. The van der Waals surface area contributed by atoms with Crippen LogP contribution in [-0.2, 0) is 22.6 Å². The molecule has 1 unspecified atom stereocenters. The fraction of sp³-hybridized carbons (Fsp3) is 0.353. The Bertz CT molecular complexity index is 759. The number of aromatic nitrogens is 1. The Labute approximate surface area is 144 Å². The summed E-state index contributed by atoms with van der Waals surface area (Å²) in [6, 6.07) is 6.51. The average molecular weight is 345 g/mol. The van der Waals surface area contributed by atoms with Crippen LogP contribution in [-0.4, -0.2) is 28.4 Å². The molecule has 1 aliphatic heterocycles. The first kappa shape index (κ1) is 16.4. The van der Waals surface area contributed by atoms with Crippen LogP contribution in [0.5, 0.6) is 5.75 Å². The number of rotatable bonds is 5. The lowest BCUT2D eigenvalue weighted by molar-refractivity contribution is -0.126. The maximum atomic E-state index is 12.3. The minimum absolute atomic E-state index is 0.101. The van der Waals surface area contributed by atoms with Crippen molar-refractivity contribution < 1.29 is 14.7 Å². The zero-order valence-corrected chi connectivity index (χ0v) is 14.2. The summed E-state index contributed by atoms with van der Waals surface area (Å²) in [6.07, 6.45) is 1.06. The number of phenols is 1. The van der Waals surface area contributed by atoms with Gasteiger partial charge in [0.05, 0.1) is 18.2 Å². The van der Waals surface area contributed by atoms with Crippen molar-refractivity contribution in [1.82, 2.24) is 10.3 Å². The second-order valence-electron chi connectivity index (χ2n) is 5.73. The predicted molar refractivity (Wildman–Crippen MR) is 91.9 cm³/mol. The van der Waals surface area contributed by atoms with Gasteiger partial charge in [0.1, 0.15) is 10.8 Å². The third kappa shape index (κ3) is 3.56. The van der Waals surface area contributed by atoms with Crippen molar-refractivity contribution in [1.29, 1.82) is 0 Å². The molecular weight excluding hydrogens is 326 g/mol. The largest absolute Gasteiger partial charge is 0.508 e. The molecule has 1 fully saturated rings. The molecular formula is C17H19N3O3S. The van der Waals surface area contributed by atoms with E-state index >= 15 is 0 Å². The van der Waals surface area contributed by atoms with E-state index in [-0.39, 0.29) is 29.9 Å². The maximum absolute atomic E-state index is 12.3. The van der Waals surface area contributed by atoms with Crippen molar-refractivity contribution in [3.63, 3.8) is 0 Å². The molecule has 2 heterocycles. The van der Waals surface area contributed by atoms with Gasteiger partial charge in [0.2, 0.25) is 11.8 Å². The number of aryl methyl sites for hydroxylation is 1. The molecule has 0 spiro atoms. The number of aromatic hydroxyl groups is 1. The van der Waals surface area contributed by atoms with Gasteiger partial charge >= 0.3 is 0 Å². The number of hydrogen-bond donors (Lipinski definition) is 2. The Kier molecular flexibility index (Phi) is 4.80. The number of phenolic OH excluding ortho intramolecular Hbond substituents is 1. The molecule has 2 amide bonds. The van der Waals surface area contributed by atoms with Crippen LogP contribution in [0.3, 0.4) is 0 Å². The van der Waals surface area contributed by atoms with E-state index in [1.54, 1.807) is 23.1 Å². The van der Waals surface area contributed by atoms with Crippen molar-refractivity contribution >= 4 is 28.8 Å². The molecule has 2 aromatic rings. The molecule has 0 radical (unpaired) electrons. The van der Waals surface area contributed by atoms with Crippen molar-refractivity contribution in [3.05, 3.63) is 40.3 Å². The van der Waals surface area contributed by atoms with E-state index in [2.05, 4.69) is 10.3 Å². The molecule has 7 heteroatoms. The summed E-state index contributed by atoms with van der Waals surface area (Å²) >= 11 is 1.53. The molecule has 1 aromatic carbocycles. The Morgan fingerprint density at radius 2 is 2.33 bits per heavy atom. The summed E-state index contributed by atoms with van der Waals surface area (Å²) in [5.41, 5.74) is 1.64. The molecule has 0 saturated carbocycles. The lowest BCUT2D eigenvalue weighted by Gasteiger charge is -2.16. The summed E-state index contributed by atoms with van der Waals surface area (Å²) < 4.78 is 0. The van der Waals surface area contributed by atoms with Crippen LogP contribution in [0.25, 0.3) is 0 Å². The van der Waals surface area contributed by atoms with Gasteiger partial charge in [-0.15, -0.1) is 11.3 Å². The molecule has 2 N–H and O–H groups in total. The van der Waals surface area contributed by atoms with Gasteiger partial charge in [-0.1, -0.05) is 13.0 Å². The van der Waals surface area contributed by atoms with Gasteiger partial charge in [0, 0.05) is 30.1 Å². The van der Waals surface area contributed by atoms with Gasteiger partial charge in [-0.05, 0) is 18.6 Å². The number of nitrogens with zero attached hydrogens (tertiary/aromatic N) is 2. The topological polar surface area (TPSA) is 82.5 Å². The monoisotopic (exact) mass is 345 g/mol. The van der Waals surface area contributed by atoms with E-state index < -0.39 is 0 Å². The molecule has 0 aliphatic carbocycles. The quantitative estimate of drug-likeness (QED) is 0.869. The highest BCUT2D eigenvalue weighted by Crippen LogP contribution is 2.27. The standard InChI is InChI=1S/C17H19N3O3S/c1-2-12-10-24-15(19-12)8-18-17(23)11-6-16(22)20(9-11)13-4-3-5-14(21)7-13/h3-5,7,10-11,21H,2,6,8-9H2,1H3,(H,18,23). The Morgan fingerprint density at radius 1 is 1.50 bits per heavy atom. The number of carbonyl (C=O) groups is 2. The Morgan fingerprint density at radius 3 is 3.04 bits per heavy atom. The van der Waals surface area contributed by atoms with Crippen molar-refractivity contribution in [2.24, 2.45) is 5.92 Å². The van der Waals surface area contributed by atoms with E-state index in [0.717, 1.165) is 17.1 Å². The van der Waals surface area contributed by atoms with Gasteiger partial charge in [-0.2, -0.15) is 0 Å². The van der Waals surface area contributed by atoms with Gasteiger partial charge in [0.15, 0.2) is 0 Å². The van der Waals surface area contributed by atoms with Gasteiger partial charge in [-0.25, -0.2) is 4.98 Å². The Hall–Kier alpha value is -2.41. The summed E-state index contributed by atoms with van der Waals surface area (Å²) in [7, 11) is 0. The highest BCUT2D eigenvalue weighted by molar-refractivity contribution is 7.09. The van der Waals surface area contributed by atoms with Crippen LogP contribution in [0.15, 0.2) is 29.6 Å². The van der Waals surface area contributed by atoms with Crippen LogP contribution in [0, 0.1) is 5.92 Å². The van der Waals surface area contributed by atoms with E-state index in [1.807, 2.05) is 12.3 Å². The lowest BCUT2D eigenvalue weighted by Crippen LogP contribution is -2.32. The van der Waals surface area contributed by atoms with E-state index in [1.165, 1.54) is 17.4 Å². The number of hydrogen-bond acceptors (Lipinski definition) is 5. The van der Waals surface area contributed by atoms with E-state index in [0.29, 0.717) is 18.8 Å². The smallest absolute Gasteiger partial charge is 0.227 e. The van der Waals surface area contributed by atoms with Crippen LogP contribution in [0.4, 0.5) is 5.69 Å². The maximum Gasteiger partial charge on any atom is 0.227 e. The van der Waals surface area contributed by atoms with E-state index in [9.17, 15) is 14.7 Å². The third-order valence-electron chi connectivity index (χ3n) is 4.01. The SMILES string of the molecule is CCc1csc(CNC(=O)C2CC(=O)N(c3cccc(O)c3)C2)n1. The summed E-state index contributed by atoms with van der Waals surface area (Å²) in [6.45, 7) is 2.75. The van der Waals surface area contributed by atoms with Crippen LogP contribution in [0.2, 0.25) is 0 Å². The van der Waals surface area contributed by atoms with Crippen molar-refractivity contribution in [2.75, 3.05) is 11.4 Å². The Balaban J connectivity index is 1.59. The molecule has 1 aliphatic rings. The molecule has 6 nitrogen and oxygen atoms in total. The molecule has 3 rings (SSSR count). The normalized spacial score (nSPS) is 17.3. The molecule has 1 atom stereocenters. The van der Waals surface area contributed by atoms with Gasteiger partial charge in [-0.3, -0.25) is 9.59 Å². The summed E-state index contributed by atoms with van der Waals surface area (Å²) in [5.74, 6) is -0.531. The average Bonchev–Trinajstić information content (AvgIpc) is 3.19. The van der Waals surface area contributed by atoms with Crippen LogP contribution >= 0.6 is 11.3 Å². The predicted octanol–water partition coefficient (Wildman–Crippen LogP) is 2.08. The highest BCUT2D eigenvalue weighted by atomic mass is 32.1. The minimum Gasteiger partial charge on any atom is -0.508 e. The third-order valence-corrected chi connectivity index (χ3v) is 4.91. The lowest BCUT2D eigenvalue weighted by atomic mass is 10.1. The zero-order valence-electron chi connectivity index (χ0n) is 13.4. The molecule has 24 heavy (non-hydrogen) atoms. The number of benzene rings is 1. The van der Waals surface area contributed by atoms with Gasteiger partial charge < -0.3 is 15.3 Å². The minimum atomic E-state index is -0.384. The molecule has 126 valence electrons. The fourth-order valence-corrected chi connectivity index (χ4v) is 3.51. The molecule has 1 saturated heterocycles. The van der Waals surface area contributed by atoms with Crippen LogP contribution in [0.1, 0.15) is 24.0 Å².